The number of carbonyl (C=O) groups excluding carboxylic acids is 2. The van der Waals surface area contributed by atoms with Crippen LogP contribution in [0.5, 0.6) is 0 Å². The molecule has 44 heavy (non-hydrogen) atoms. The number of hydrogen-bond donors (Lipinski definition) is 3. The number of aliphatic imine (C=N–C) groups is 1. The fourth-order valence-electron chi connectivity index (χ4n) is 3.97. The largest absolute Gasteiger partial charge is 0.444 e. The van der Waals surface area contributed by atoms with Gasteiger partial charge in [0, 0.05) is 35.4 Å². The molecule has 0 spiro atoms. The normalized spacial score (nSPS) is 11.4. The SMILES string of the molecule is Cc1nc(CCSCc2ccnc(N=C(NC(=O)OC(C)(C)C)NC(=O)OC(C)(C)C)c2)[nH]c(=O)c1CCc1ccccc1. The average molecular weight is 623 g/mol. The fourth-order valence-corrected chi connectivity index (χ4v) is 4.87. The molecule has 1 aromatic carbocycles. The van der Waals surface area contributed by atoms with Gasteiger partial charge in [0.25, 0.3) is 5.56 Å². The molecule has 0 aliphatic rings. The molecule has 236 valence electrons. The van der Waals surface area contributed by atoms with Crippen molar-refractivity contribution in [3.8, 4) is 0 Å². The highest BCUT2D eigenvalue weighted by Gasteiger charge is 2.21. The second-order valence-corrected chi connectivity index (χ2v) is 13.2. The van der Waals surface area contributed by atoms with Crippen LogP contribution in [0, 0.1) is 6.92 Å². The number of aromatic nitrogens is 3. The molecule has 0 saturated carbocycles. The molecule has 0 aliphatic carbocycles. The van der Waals surface area contributed by atoms with Gasteiger partial charge < -0.3 is 14.5 Å². The lowest BCUT2D eigenvalue weighted by atomic mass is 10.0. The fraction of sp³-hybridized carbons (Fsp3) is 0.438. The highest BCUT2D eigenvalue weighted by Crippen LogP contribution is 2.18. The number of amides is 2. The monoisotopic (exact) mass is 622 g/mol. The van der Waals surface area contributed by atoms with E-state index in [1.54, 1.807) is 65.6 Å². The molecule has 2 amide bonds. The quantitative estimate of drug-likeness (QED) is 0.155. The standard InChI is InChI=1S/C32H42N6O5S/c1-21-24(14-13-22-11-9-8-10-12-22)27(39)35-25(34-21)16-18-44-20-23-15-17-33-26(19-23)36-28(37-29(40)42-31(2,3)4)38-30(41)43-32(5,6)7/h8-12,15,17,19H,13-14,16,18,20H2,1-7H3,(H,34,35,39)(H2,33,36,37,38,40,41). The van der Waals surface area contributed by atoms with Gasteiger partial charge >= 0.3 is 12.2 Å². The lowest BCUT2D eigenvalue weighted by molar-refractivity contribution is 0.0545. The second-order valence-electron chi connectivity index (χ2n) is 12.1. The maximum atomic E-state index is 12.7. The van der Waals surface area contributed by atoms with E-state index in [1.165, 1.54) is 5.56 Å². The van der Waals surface area contributed by atoms with E-state index in [0.29, 0.717) is 24.4 Å². The number of aromatic amines is 1. The number of carbonyl (C=O) groups is 2. The number of aryl methyl sites for hydroxylation is 3. The van der Waals surface area contributed by atoms with Crippen molar-refractivity contribution in [1.82, 2.24) is 25.6 Å². The highest BCUT2D eigenvalue weighted by molar-refractivity contribution is 7.98. The van der Waals surface area contributed by atoms with Crippen molar-refractivity contribution in [1.29, 1.82) is 0 Å². The zero-order valence-corrected chi connectivity index (χ0v) is 27.3. The maximum Gasteiger partial charge on any atom is 0.414 e. The third-order valence-corrected chi connectivity index (χ3v) is 6.83. The Morgan fingerprint density at radius 3 is 2.14 bits per heavy atom. The van der Waals surface area contributed by atoms with Crippen LogP contribution in [0.15, 0.2) is 58.4 Å². The number of rotatable bonds is 9. The number of hydrogen-bond acceptors (Lipinski definition) is 9. The third kappa shape index (κ3) is 12.6. The first-order chi connectivity index (χ1) is 20.7. The predicted octanol–water partition coefficient (Wildman–Crippen LogP) is 5.77. The Morgan fingerprint density at radius 2 is 1.55 bits per heavy atom. The number of guanidine groups is 1. The molecule has 0 bridgehead atoms. The molecule has 2 heterocycles. The van der Waals surface area contributed by atoms with E-state index in [4.69, 9.17) is 9.47 Å². The number of pyridine rings is 1. The Labute approximate surface area is 262 Å². The van der Waals surface area contributed by atoms with Crippen LogP contribution in [0.2, 0.25) is 0 Å². The molecule has 3 aromatic rings. The van der Waals surface area contributed by atoms with Crippen molar-refractivity contribution in [2.45, 2.75) is 84.7 Å². The van der Waals surface area contributed by atoms with E-state index in [2.05, 4.69) is 42.7 Å². The molecule has 0 saturated heterocycles. The van der Waals surface area contributed by atoms with Crippen LogP contribution >= 0.6 is 11.8 Å². The predicted molar refractivity (Wildman–Crippen MR) is 173 cm³/mol. The van der Waals surface area contributed by atoms with Crippen molar-refractivity contribution >= 4 is 35.7 Å². The molecule has 0 aliphatic heterocycles. The van der Waals surface area contributed by atoms with E-state index in [0.717, 1.165) is 29.0 Å². The smallest absolute Gasteiger partial charge is 0.414 e. The summed E-state index contributed by atoms with van der Waals surface area (Å²) >= 11 is 1.67. The van der Waals surface area contributed by atoms with Gasteiger partial charge in [-0.25, -0.2) is 19.6 Å². The van der Waals surface area contributed by atoms with E-state index < -0.39 is 23.4 Å². The van der Waals surface area contributed by atoms with Gasteiger partial charge in [0.1, 0.15) is 17.0 Å². The first-order valence-electron chi connectivity index (χ1n) is 14.4. The number of benzene rings is 1. The Morgan fingerprint density at radius 1 is 0.909 bits per heavy atom. The van der Waals surface area contributed by atoms with Crippen LogP contribution in [0.4, 0.5) is 15.4 Å². The molecule has 0 atom stereocenters. The van der Waals surface area contributed by atoms with Crippen LogP contribution in [-0.4, -0.2) is 50.1 Å². The van der Waals surface area contributed by atoms with Crippen molar-refractivity contribution in [3.63, 3.8) is 0 Å². The van der Waals surface area contributed by atoms with Crippen molar-refractivity contribution < 1.29 is 19.1 Å². The van der Waals surface area contributed by atoms with E-state index >= 15 is 0 Å². The summed E-state index contributed by atoms with van der Waals surface area (Å²) in [7, 11) is 0. The van der Waals surface area contributed by atoms with Gasteiger partial charge in [-0.1, -0.05) is 30.3 Å². The molecule has 3 N–H and O–H groups in total. The van der Waals surface area contributed by atoms with Gasteiger partial charge in [0.05, 0.1) is 0 Å². The van der Waals surface area contributed by atoms with Gasteiger partial charge in [0.15, 0.2) is 5.82 Å². The van der Waals surface area contributed by atoms with Crippen LogP contribution in [0.25, 0.3) is 0 Å². The molecule has 2 aromatic heterocycles. The minimum absolute atomic E-state index is 0.0825. The maximum absolute atomic E-state index is 12.7. The zero-order chi connectivity index (χ0) is 32.3. The molecule has 0 fully saturated rings. The number of alkyl carbamates (subject to hydrolysis) is 2. The van der Waals surface area contributed by atoms with Crippen LogP contribution in [0.3, 0.4) is 0 Å². The summed E-state index contributed by atoms with van der Waals surface area (Å²) in [5.74, 6) is 2.15. The molecule has 3 rings (SSSR count). The first kappa shape index (κ1) is 34.3. The topological polar surface area (TPSA) is 148 Å². The van der Waals surface area contributed by atoms with Gasteiger partial charge in [-0.3, -0.25) is 15.4 Å². The highest BCUT2D eigenvalue weighted by atomic mass is 32.2. The van der Waals surface area contributed by atoms with E-state index in [9.17, 15) is 14.4 Å². The third-order valence-electron chi connectivity index (χ3n) is 5.80. The Bertz CT molecular complexity index is 1480. The van der Waals surface area contributed by atoms with Crippen molar-refractivity contribution in [3.05, 3.63) is 87.2 Å². The summed E-state index contributed by atoms with van der Waals surface area (Å²) < 4.78 is 10.6. The lowest BCUT2D eigenvalue weighted by Crippen LogP contribution is -2.47. The molecule has 0 radical (unpaired) electrons. The minimum Gasteiger partial charge on any atom is -0.444 e. The molecular weight excluding hydrogens is 580 g/mol. The van der Waals surface area contributed by atoms with Gasteiger partial charge in [0.2, 0.25) is 5.96 Å². The van der Waals surface area contributed by atoms with Gasteiger partial charge in [-0.05, 0) is 84.6 Å². The Hall–Kier alpha value is -4.19. The number of H-pyrrole nitrogens is 1. The second kappa shape index (κ2) is 15.5. The van der Waals surface area contributed by atoms with Crippen LogP contribution < -0.4 is 16.2 Å². The Balaban J connectivity index is 1.60. The zero-order valence-electron chi connectivity index (χ0n) is 26.4. The van der Waals surface area contributed by atoms with Crippen LogP contribution in [-0.2, 0) is 34.5 Å². The number of thioether (sulfide) groups is 1. The number of nitrogens with zero attached hydrogens (tertiary/aromatic N) is 3. The summed E-state index contributed by atoms with van der Waals surface area (Å²) in [5.41, 5.74) is 2.03. The van der Waals surface area contributed by atoms with Crippen LogP contribution in [0.1, 0.15) is 69.8 Å². The van der Waals surface area contributed by atoms with Crippen molar-refractivity contribution in [2.24, 2.45) is 4.99 Å². The summed E-state index contributed by atoms with van der Waals surface area (Å²) in [6, 6.07) is 13.7. The van der Waals surface area contributed by atoms with Gasteiger partial charge in [-0.2, -0.15) is 16.8 Å². The summed E-state index contributed by atoms with van der Waals surface area (Å²) in [5, 5.41) is 4.91. The molecule has 12 heteroatoms. The van der Waals surface area contributed by atoms with Gasteiger partial charge in [-0.15, -0.1) is 0 Å². The molecular formula is C32H42N6O5S. The van der Waals surface area contributed by atoms with Crippen molar-refractivity contribution in [2.75, 3.05) is 5.75 Å². The minimum atomic E-state index is -0.787. The van der Waals surface area contributed by atoms with E-state index in [-0.39, 0.29) is 17.3 Å². The molecule has 11 nitrogen and oxygen atoms in total. The Kier molecular flexibility index (Phi) is 12.1. The first-order valence-corrected chi connectivity index (χ1v) is 15.6. The summed E-state index contributed by atoms with van der Waals surface area (Å²) in [4.78, 5) is 53.7. The summed E-state index contributed by atoms with van der Waals surface area (Å²) in [6.07, 6.45) is 2.07. The van der Waals surface area contributed by atoms with E-state index in [1.807, 2.05) is 31.2 Å². The summed E-state index contributed by atoms with van der Waals surface area (Å²) in [6.45, 7) is 12.2. The number of ether oxygens (including phenoxy) is 2. The lowest BCUT2D eigenvalue weighted by Gasteiger charge is -2.22. The molecule has 0 unspecified atom stereocenters. The average Bonchev–Trinajstić information content (AvgIpc) is 2.89. The number of nitrogens with one attached hydrogen (secondary N) is 3.